The van der Waals surface area contributed by atoms with Gasteiger partial charge < -0.3 is 5.11 Å². The van der Waals surface area contributed by atoms with E-state index in [9.17, 15) is 5.11 Å². The summed E-state index contributed by atoms with van der Waals surface area (Å²) in [6, 6.07) is 47.1. The zero-order valence-corrected chi connectivity index (χ0v) is 22.1. The Morgan fingerprint density at radius 3 is 1.60 bits per heavy atom. The molecule has 6 aromatic rings. The molecule has 0 saturated heterocycles. The highest BCUT2D eigenvalue weighted by atomic mass is 16.3. The number of nitrogens with zero attached hydrogens (tertiary/aromatic N) is 4. The van der Waals surface area contributed by atoms with Gasteiger partial charge in [-0.2, -0.15) is 0 Å². The molecule has 0 aliphatic carbocycles. The van der Waals surface area contributed by atoms with Crippen LogP contribution in [0.15, 0.2) is 145 Å². The van der Waals surface area contributed by atoms with Crippen LogP contribution in [0.2, 0.25) is 0 Å². The van der Waals surface area contributed by atoms with Crippen molar-refractivity contribution in [3.8, 4) is 22.5 Å². The Bertz CT molecular complexity index is 1640. The second kappa shape index (κ2) is 10.8. The Hall–Kier alpha value is -5.29. The average molecular weight is 521 g/mol. The van der Waals surface area contributed by atoms with E-state index in [4.69, 9.17) is 10.3 Å². The fourth-order valence-corrected chi connectivity index (χ4v) is 5.28. The summed E-state index contributed by atoms with van der Waals surface area (Å²) in [5, 5.41) is 24.0. The van der Waals surface area contributed by atoms with Crippen molar-refractivity contribution in [3.63, 3.8) is 0 Å². The van der Waals surface area contributed by atoms with Crippen LogP contribution in [0.5, 0.6) is 0 Å². The summed E-state index contributed by atoms with van der Waals surface area (Å²) in [5.41, 5.74) is 6.12. The van der Waals surface area contributed by atoms with Crippen molar-refractivity contribution in [1.82, 2.24) is 20.2 Å². The molecule has 0 spiro atoms. The van der Waals surface area contributed by atoms with Gasteiger partial charge in [-0.1, -0.05) is 140 Å². The fourth-order valence-electron chi connectivity index (χ4n) is 5.28. The largest absolute Gasteiger partial charge is 0.513 e. The molecule has 40 heavy (non-hydrogen) atoms. The molecule has 0 aliphatic heterocycles. The number of aromatic nitrogens is 4. The standard InChI is InChI=1S/C35H28N4O/c1-26(40)25-27-21-23-28(24-22-27)32-19-11-12-20-33(32)34-36-38-39(37-34)35(29-13-5-2-6-14-29,30-15-7-3-8-16-30)31-17-9-4-10-18-31/h2-25,40H,1H3/b26-25-. The smallest absolute Gasteiger partial charge is 0.205 e. The fraction of sp³-hybridized carbons (Fsp3) is 0.0571. The number of aliphatic hydroxyl groups excluding tert-OH is 1. The van der Waals surface area contributed by atoms with E-state index < -0.39 is 5.54 Å². The van der Waals surface area contributed by atoms with Crippen LogP contribution in [0, 0.1) is 0 Å². The molecule has 6 rings (SSSR count). The predicted octanol–water partition coefficient (Wildman–Crippen LogP) is 7.77. The zero-order valence-electron chi connectivity index (χ0n) is 22.1. The van der Waals surface area contributed by atoms with Crippen molar-refractivity contribution in [2.45, 2.75) is 12.5 Å². The monoisotopic (exact) mass is 520 g/mol. The minimum Gasteiger partial charge on any atom is -0.513 e. The lowest BCUT2D eigenvalue weighted by Crippen LogP contribution is -2.39. The van der Waals surface area contributed by atoms with Gasteiger partial charge in [0.2, 0.25) is 5.82 Å². The van der Waals surface area contributed by atoms with Crippen molar-refractivity contribution in [3.05, 3.63) is 168 Å². The summed E-state index contributed by atoms with van der Waals surface area (Å²) in [4.78, 5) is 1.75. The van der Waals surface area contributed by atoms with Gasteiger partial charge in [0.1, 0.15) is 0 Å². The first-order valence-electron chi connectivity index (χ1n) is 13.2. The van der Waals surface area contributed by atoms with Crippen LogP contribution in [0.4, 0.5) is 0 Å². The Labute approximate surface area is 233 Å². The number of benzene rings is 5. The third-order valence-electron chi connectivity index (χ3n) is 7.05. The number of tetrazole rings is 1. The Balaban J connectivity index is 1.54. The van der Waals surface area contributed by atoms with Gasteiger partial charge in [-0.3, -0.25) is 0 Å². The highest BCUT2D eigenvalue weighted by molar-refractivity contribution is 5.80. The van der Waals surface area contributed by atoms with E-state index in [-0.39, 0.29) is 5.76 Å². The first-order valence-corrected chi connectivity index (χ1v) is 13.2. The molecule has 1 aromatic heterocycles. The van der Waals surface area contributed by atoms with E-state index in [0.29, 0.717) is 5.82 Å². The molecule has 0 unspecified atom stereocenters. The van der Waals surface area contributed by atoms with Gasteiger partial charge in [0.05, 0.1) is 5.76 Å². The second-order valence-corrected chi connectivity index (χ2v) is 9.66. The van der Waals surface area contributed by atoms with Crippen LogP contribution in [0.1, 0.15) is 29.2 Å². The van der Waals surface area contributed by atoms with Gasteiger partial charge in [-0.05, 0) is 51.6 Å². The minimum atomic E-state index is -0.833. The van der Waals surface area contributed by atoms with Crippen LogP contribution in [-0.4, -0.2) is 25.3 Å². The van der Waals surface area contributed by atoms with E-state index in [1.807, 2.05) is 97.1 Å². The predicted molar refractivity (Wildman–Crippen MR) is 160 cm³/mol. The molecule has 1 N–H and O–H groups in total. The van der Waals surface area contributed by atoms with Crippen molar-refractivity contribution < 1.29 is 5.11 Å². The van der Waals surface area contributed by atoms with Crippen LogP contribution in [0.3, 0.4) is 0 Å². The number of hydrogen-bond donors (Lipinski definition) is 1. The molecular formula is C35H28N4O. The number of hydrogen-bond acceptors (Lipinski definition) is 4. The lowest BCUT2D eigenvalue weighted by atomic mass is 9.77. The van der Waals surface area contributed by atoms with Crippen LogP contribution >= 0.6 is 0 Å². The SMILES string of the molecule is C/C(O)=C/c1ccc(-c2ccccc2-c2nnn(C(c3ccccc3)(c3ccccc3)c3ccccc3)n2)cc1. The molecule has 0 bridgehead atoms. The van der Waals surface area contributed by atoms with Crippen molar-refractivity contribution in [2.75, 3.05) is 0 Å². The summed E-state index contributed by atoms with van der Waals surface area (Å²) in [5.74, 6) is 0.811. The molecular weight excluding hydrogens is 492 g/mol. The molecule has 0 fully saturated rings. The maximum Gasteiger partial charge on any atom is 0.205 e. The van der Waals surface area contributed by atoms with E-state index in [0.717, 1.165) is 38.9 Å². The Morgan fingerprint density at radius 1 is 0.625 bits per heavy atom. The summed E-state index contributed by atoms with van der Waals surface area (Å²) < 4.78 is 0. The third-order valence-corrected chi connectivity index (χ3v) is 7.05. The lowest BCUT2D eigenvalue weighted by molar-refractivity contribution is 0.396. The van der Waals surface area contributed by atoms with Crippen LogP contribution in [-0.2, 0) is 5.54 Å². The quantitative estimate of drug-likeness (QED) is 0.173. The first-order chi connectivity index (χ1) is 19.7. The number of aliphatic hydroxyl groups is 1. The van der Waals surface area contributed by atoms with Crippen molar-refractivity contribution in [2.24, 2.45) is 0 Å². The summed E-state index contributed by atoms with van der Waals surface area (Å²) >= 11 is 0. The molecule has 0 aliphatic rings. The summed E-state index contributed by atoms with van der Waals surface area (Å²) in [7, 11) is 0. The van der Waals surface area contributed by atoms with E-state index >= 15 is 0 Å². The van der Waals surface area contributed by atoms with Gasteiger partial charge in [0, 0.05) is 5.56 Å². The Morgan fingerprint density at radius 2 is 1.10 bits per heavy atom. The molecule has 0 amide bonds. The molecule has 5 nitrogen and oxygen atoms in total. The van der Waals surface area contributed by atoms with Crippen LogP contribution in [0.25, 0.3) is 28.6 Å². The number of allylic oxidation sites excluding steroid dienone is 1. The van der Waals surface area contributed by atoms with Crippen molar-refractivity contribution >= 4 is 6.08 Å². The molecule has 0 saturated carbocycles. The lowest BCUT2D eigenvalue weighted by Gasteiger charge is -2.34. The third kappa shape index (κ3) is 4.58. The average Bonchev–Trinajstić information content (AvgIpc) is 3.50. The van der Waals surface area contributed by atoms with Crippen molar-refractivity contribution in [1.29, 1.82) is 0 Å². The topological polar surface area (TPSA) is 63.8 Å². The molecule has 1 heterocycles. The van der Waals surface area contributed by atoms with Gasteiger partial charge >= 0.3 is 0 Å². The highest BCUT2D eigenvalue weighted by Gasteiger charge is 2.41. The van der Waals surface area contributed by atoms with Crippen LogP contribution < -0.4 is 0 Å². The maximum atomic E-state index is 9.64. The summed E-state index contributed by atoms with van der Waals surface area (Å²) in [6.45, 7) is 1.67. The van der Waals surface area contributed by atoms with Gasteiger partial charge in [0.15, 0.2) is 5.54 Å². The van der Waals surface area contributed by atoms with Gasteiger partial charge in [-0.25, -0.2) is 0 Å². The Kier molecular flexibility index (Phi) is 6.77. The first kappa shape index (κ1) is 25.0. The molecule has 0 atom stereocenters. The van der Waals surface area contributed by atoms with E-state index in [1.165, 1.54) is 0 Å². The molecule has 5 aromatic carbocycles. The summed E-state index contributed by atoms with van der Waals surface area (Å²) in [6.07, 6.45) is 1.74. The van der Waals surface area contributed by atoms with Gasteiger partial charge in [-0.15, -0.1) is 15.0 Å². The highest BCUT2D eigenvalue weighted by Crippen LogP contribution is 2.40. The van der Waals surface area contributed by atoms with E-state index in [2.05, 4.69) is 47.6 Å². The minimum absolute atomic E-state index is 0.271. The maximum absolute atomic E-state index is 9.64. The van der Waals surface area contributed by atoms with Gasteiger partial charge in [0.25, 0.3) is 0 Å². The van der Waals surface area contributed by atoms with E-state index in [1.54, 1.807) is 17.8 Å². The zero-order chi connectivity index (χ0) is 27.4. The molecule has 0 radical (unpaired) electrons. The molecule has 5 heteroatoms. The number of rotatable bonds is 7. The normalized spacial score (nSPS) is 11.9. The molecule has 194 valence electrons. The second-order valence-electron chi connectivity index (χ2n) is 9.66.